The average Bonchev–Trinajstić information content (AvgIpc) is 2.99. The van der Waals surface area contributed by atoms with Crippen LogP contribution in [0.25, 0.3) is 0 Å². The van der Waals surface area contributed by atoms with Gasteiger partial charge in [-0.25, -0.2) is 4.68 Å². The number of anilines is 1. The van der Waals surface area contributed by atoms with Gasteiger partial charge in [0.25, 0.3) is 5.91 Å². The summed E-state index contributed by atoms with van der Waals surface area (Å²) in [4.78, 5) is 12.7. The molecule has 0 atom stereocenters. The summed E-state index contributed by atoms with van der Waals surface area (Å²) in [6, 6.07) is 6.39. The molecule has 0 spiro atoms. The molecule has 1 aliphatic heterocycles. The van der Waals surface area contributed by atoms with Gasteiger partial charge in [0, 0.05) is 5.69 Å². The molecule has 0 unspecified atom stereocenters. The molecule has 1 aromatic carbocycles. The first-order chi connectivity index (χ1) is 11.6. The van der Waals surface area contributed by atoms with Crippen LogP contribution < -0.4 is 10.6 Å². The summed E-state index contributed by atoms with van der Waals surface area (Å²) < 4.78 is 1.91. The Morgan fingerprint density at radius 3 is 2.79 bits per heavy atom. The number of aromatic nitrogens is 3. The Bertz CT molecular complexity index is 731. The van der Waals surface area contributed by atoms with E-state index in [2.05, 4.69) is 27.9 Å². The van der Waals surface area contributed by atoms with Crippen molar-refractivity contribution >= 4 is 11.6 Å². The SMILES string of the molecule is CCc1cccc(C)c1NC(=O)c1nnn(C2CCNCC2)c1C. The number of amides is 1. The lowest BCUT2D eigenvalue weighted by Gasteiger charge is -2.23. The lowest BCUT2D eigenvalue weighted by Crippen LogP contribution is -2.30. The number of nitrogens with one attached hydrogen (secondary N) is 2. The first-order valence-electron chi connectivity index (χ1n) is 8.64. The quantitative estimate of drug-likeness (QED) is 0.905. The molecule has 6 nitrogen and oxygen atoms in total. The van der Waals surface area contributed by atoms with E-state index in [4.69, 9.17) is 0 Å². The Morgan fingerprint density at radius 1 is 1.33 bits per heavy atom. The van der Waals surface area contributed by atoms with Crippen LogP contribution in [0.4, 0.5) is 5.69 Å². The number of aryl methyl sites for hydroxylation is 2. The zero-order chi connectivity index (χ0) is 17.1. The predicted octanol–water partition coefficient (Wildman–Crippen LogP) is 2.63. The van der Waals surface area contributed by atoms with Gasteiger partial charge in [0.15, 0.2) is 5.69 Å². The Morgan fingerprint density at radius 2 is 2.08 bits per heavy atom. The number of benzene rings is 1. The van der Waals surface area contributed by atoms with Crippen LogP contribution >= 0.6 is 0 Å². The van der Waals surface area contributed by atoms with Crippen LogP contribution in [0.2, 0.25) is 0 Å². The molecule has 2 aromatic rings. The third-order valence-corrected chi connectivity index (χ3v) is 4.78. The van der Waals surface area contributed by atoms with Crippen LogP contribution in [-0.2, 0) is 6.42 Å². The van der Waals surface area contributed by atoms with Crippen LogP contribution in [0, 0.1) is 13.8 Å². The molecular weight excluding hydrogens is 302 g/mol. The normalized spacial score (nSPS) is 15.5. The molecule has 2 heterocycles. The highest BCUT2D eigenvalue weighted by Gasteiger charge is 2.23. The van der Waals surface area contributed by atoms with E-state index in [1.165, 1.54) is 0 Å². The van der Waals surface area contributed by atoms with Gasteiger partial charge in [-0.1, -0.05) is 30.3 Å². The summed E-state index contributed by atoms with van der Waals surface area (Å²) in [5.74, 6) is -0.184. The molecular formula is C18H25N5O. The molecule has 1 amide bonds. The number of rotatable bonds is 4. The van der Waals surface area contributed by atoms with Crippen LogP contribution in [-0.4, -0.2) is 34.0 Å². The van der Waals surface area contributed by atoms with E-state index >= 15 is 0 Å². The lowest BCUT2D eigenvalue weighted by atomic mass is 10.1. The van der Waals surface area contributed by atoms with Crippen molar-refractivity contribution < 1.29 is 4.79 Å². The maximum Gasteiger partial charge on any atom is 0.278 e. The summed E-state index contributed by atoms with van der Waals surface area (Å²) >= 11 is 0. The minimum atomic E-state index is -0.184. The summed E-state index contributed by atoms with van der Waals surface area (Å²) in [5.41, 5.74) is 4.34. The molecule has 2 N–H and O–H groups in total. The number of piperidine rings is 1. The molecule has 0 aliphatic carbocycles. The fraction of sp³-hybridized carbons (Fsp3) is 0.500. The third-order valence-electron chi connectivity index (χ3n) is 4.78. The van der Waals surface area contributed by atoms with Gasteiger partial charge in [-0.2, -0.15) is 0 Å². The van der Waals surface area contributed by atoms with E-state index in [-0.39, 0.29) is 5.91 Å². The highest BCUT2D eigenvalue weighted by molar-refractivity contribution is 6.04. The summed E-state index contributed by atoms with van der Waals surface area (Å²) in [5, 5.41) is 14.8. The van der Waals surface area contributed by atoms with Gasteiger partial charge in [0.2, 0.25) is 0 Å². The van der Waals surface area contributed by atoms with Crippen molar-refractivity contribution in [2.24, 2.45) is 0 Å². The topological polar surface area (TPSA) is 71.8 Å². The van der Waals surface area contributed by atoms with Crippen molar-refractivity contribution in [2.45, 2.75) is 46.1 Å². The van der Waals surface area contributed by atoms with Gasteiger partial charge in [-0.15, -0.1) is 5.10 Å². The van der Waals surface area contributed by atoms with Crippen LogP contribution in [0.3, 0.4) is 0 Å². The van der Waals surface area contributed by atoms with Crippen LogP contribution in [0.5, 0.6) is 0 Å². The van der Waals surface area contributed by atoms with E-state index in [9.17, 15) is 4.79 Å². The fourth-order valence-electron chi connectivity index (χ4n) is 3.32. The minimum absolute atomic E-state index is 0.184. The van der Waals surface area contributed by atoms with E-state index in [1.807, 2.05) is 36.7 Å². The average molecular weight is 327 g/mol. The maximum atomic E-state index is 12.7. The summed E-state index contributed by atoms with van der Waals surface area (Å²) in [6.45, 7) is 7.98. The van der Waals surface area contributed by atoms with E-state index < -0.39 is 0 Å². The zero-order valence-corrected chi connectivity index (χ0v) is 14.6. The molecule has 3 rings (SSSR count). The van der Waals surface area contributed by atoms with Gasteiger partial charge < -0.3 is 10.6 Å². The van der Waals surface area contributed by atoms with Crippen molar-refractivity contribution in [1.29, 1.82) is 0 Å². The van der Waals surface area contributed by atoms with Crippen LogP contribution in [0.15, 0.2) is 18.2 Å². The van der Waals surface area contributed by atoms with E-state index in [0.29, 0.717) is 11.7 Å². The molecule has 1 aromatic heterocycles. The number of nitrogens with zero attached hydrogens (tertiary/aromatic N) is 3. The zero-order valence-electron chi connectivity index (χ0n) is 14.6. The lowest BCUT2D eigenvalue weighted by molar-refractivity contribution is 0.102. The number of carbonyl (C=O) groups excluding carboxylic acids is 1. The molecule has 24 heavy (non-hydrogen) atoms. The van der Waals surface area contributed by atoms with Gasteiger partial charge >= 0.3 is 0 Å². The smallest absolute Gasteiger partial charge is 0.278 e. The van der Waals surface area contributed by atoms with Gasteiger partial charge in [-0.3, -0.25) is 4.79 Å². The maximum absolute atomic E-state index is 12.7. The number of para-hydroxylation sites is 1. The van der Waals surface area contributed by atoms with Crippen molar-refractivity contribution in [3.63, 3.8) is 0 Å². The fourth-order valence-corrected chi connectivity index (χ4v) is 3.32. The molecule has 0 radical (unpaired) electrons. The Kier molecular flexibility index (Phi) is 4.94. The predicted molar refractivity (Wildman–Crippen MR) is 94.4 cm³/mol. The van der Waals surface area contributed by atoms with Crippen molar-refractivity contribution in [2.75, 3.05) is 18.4 Å². The van der Waals surface area contributed by atoms with Gasteiger partial charge in [0.05, 0.1) is 11.7 Å². The number of hydrogen-bond acceptors (Lipinski definition) is 4. The largest absolute Gasteiger partial charge is 0.320 e. The van der Waals surface area contributed by atoms with E-state index in [1.54, 1.807) is 0 Å². The number of carbonyl (C=O) groups is 1. The molecule has 1 aliphatic rings. The van der Waals surface area contributed by atoms with Crippen LogP contribution in [0.1, 0.15) is 53.1 Å². The first-order valence-corrected chi connectivity index (χ1v) is 8.64. The van der Waals surface area contributed by atoms with Crippen molar-refractivity contribution in [3.8, 4) is 0 Å². The van der Waals surface area contributed by atoms with Crippen molar-refractivity contribution in [3.05, 3.63) is 40.7 Å². The monoisotopic (exact) mass is 327 g/mol. The Balaban J connectivity index is 1.82. The van der Waals surface area contributed by atoms with E-state index in [0.717, 1.165) is 54.9 Å². The summed E-state index contributed by atoms with van der Waals surface area (Å²) in [6.07, 6.45) is 2.91. The standard InChI is InChI=1S/C18H25N5O/c1-4-14-7-5-6-12(2)16(14)20-18(24)17-13(3)23(22-21-17)15-8-10-19-11-9-15/h5-7,15,19H,4,8-11H2,1-3H3,(H,20,24). The molecule has 6 heteroatoms. The second-order valence-electron chi connectivity index (χ2n) is 6.37. The molecule has 128 valence electrons. The molecule has 0 bridgehead atoms. The second-order valence-corrected chi connectivity index (χ2v) is 6.37. The second kappa shape index (κ2) is 7.13. The van der Waals surface area contributed by atoms with Gasteiger partial charge in [-0.05, 0) is 57.3 Å². The first kappa shape index (κ1) is 16.6. The molecule has 0 saturated carbocycles. The molecule has 1 fully saturated rings. The Hall–Kier alpha value is -2.21. The highest BCUT2D eigenvalue weighted by Crippen LogP contribution is 2.23. The summed E-state index contributed by atoms with van der Waals surface area (Å²) in [7, 11) is 0. The number of hydrogen-bond donors (Lipinski definition) is 2. The van der Waals surface area contributed by atoms with Crippen molar-refractivity contribution in [1.82, 2.24) is 20.3 Å². The third kappa shape index (κ3) is 3.19. The Labute approximate surface area is 142 Å². The van der Waals surface area contributed by atoms with Gasteiger partial charge in [0.1, 0.15) is 0 Å². The minimum Gasteiger partial charge on any atom is -0.320 e. The highest BCUT2D eigenvalue weighted by atomic mass is 16.2. The molecule has 1 saturated heterocycles.